The first-order chi connectivity index (χ1) is 8.60. The standard InChI is InChI=1S/C14H22BrNO2/c1-3-10(2)12-8-11(4-5-13(12)15)14(18)9-16-6-7-17/h4-5,8,10,14,16-18H,3,6-7,9H2,1-2H3. The van der Waals surface area contributed by atoms with Gasteiger partial charge in [0.2, 0.25) is 0 Å². The first-order valence-corrected chi connectivity index (χ1v) is 7.18. The summed E-state index contributed by atoms with van der Waals surface area (Å²) in [5, 5.41) is 21.7. The molecule has 1 aromatic rings. The lowest BCUT2D eigenvalue weighted by atomic mass is 9.95. The van der Waals surface area contributed by atoms with Crippen LogP contribution in [0.2, 0.25) is 0 Å². The van der Waals surface area contributed by atoms with E-state index < -0.39 is 6.10 Å². The molecule has 0 saturated carbocycles. The van der Waals surface area contributed by atoms with Gasteiger partial charge in [0.25, 0.3) is 0 Å². The Morgan fingerprint density at radius 2 is 2.11 bits per heavy atom. The maximum atomic E-state index is 10.1. The van der Waals surface area contributed by atoms with Crippen molar-refractivity contribution in [1.82, 2.24) is 5.32 Å². The fourth-order valence-electron chi connectivity index (χ4n) is 1.80. The third kappa shape index (κ3) is 4.35. The Kier molecular flexibility index (Phi) is 6.86. The summed E-state index contributed by atoms with van der Waals surface area (Å²) in [4.78, 5) is 0. The molecule has 18 heavy (non-hydrogen) atoms. The van der Waals surface area contributed by atoms with Gasteiger partial charge in [-0.05, 0) is 29.5 Å². The molecule has 3 nitrogen and oxygen atoms in total. The summed E-state index contributed by atoms with van der Waals surface area (Å²) < 4.78 is 1.09. The van der Waals surface area contributed by atoms with Crippen LogP contribution >= 0.6 is 15.9 Å². The number of hydrogen-bond acceptors (Lipinski definition) is 3. The summed E-state index contributed by atoms with van der Waals surface area (Å²) in [5.41, 5.74) is 2.15. The second-order valence-corrected chi connectivity index (χ2v) is 5.39. The number of rotatable bonds is 7. The molecule has 0 saturated heterocycles. The van der Waals surface area contributed by atoms with Crippen LogP contribution in [0.1, 0.15) is 43.4 Å². The van der Waals surface area contributed by atoms with E-state index in [0.717, 1.165) is 16.5 Å². The van der Waals surface area contributed by atoms with Crippen molar-refractivity contribution >= 4 is 15.9 Å². The van der Waals surface area contributed by atoms with Gasteiger partial charge in [-0.25, -0.2) is 0 Å². The maximum Gasteiger partial charge on any atom is 0.0914 e. The lowest BCUT2D eigenvalue weighted by Gasteiger charge is -2.17. The van der Waals surface area contributed by atoms with Crippen LogP contribution in [0, 0.1) is 0 Å². The largest absolute Gasteiger partial charge is 0.395 e. The Labute approximate surface area is 117 Å². The average molecular weight is 316 g/mol. The van der Waals surface area contributed by atoms with Gasteiger partial charge in [0.15, 0.2) is 0 Å². The van der Waals surface area contributed by atoms with Gasteiger partial charge in [-0.1, -0.05) is 41.9 Å². The van der Waals surface area contributed by atoms with Gasteiger partial charge in [-0.2, -0.15) is 0 Å². The van der Waals surface area contributed by atoms with Crippen LogP contribution in [0.5, 0.6) is 0 Å². The van der Waals surface area contributed by atoms with Gasteiger partial charge in [-0.3, -0.25) is 0 Å². The van der Waals surface area contributed by atoms with Crippen molar-refractivity contribution in [2.24, 2.45) is 0 Å². The summed E-state index contributed by atoms with van der Waals surface area (Å²) >= 11 is 3.55. The summed E-state index contributed by atoms with van der Waals surface area (Å²) in [5.74, 6) is 0.469. The normalized spacial score (nSPS) is 14.5. The Morgan fingerprint density at radius 1 is 1.39 bits per heavy atom. The first kappa shape index (κ1) is 15.6. The molecule has 0 aliphatic heterocycles. The Bertz CT molecular complexity index is 371. The summed E-state index contributed by atoms with van der Waals surface area (Å²) in [7, 11) is 0. The Morgan fingerprint density at radius 3 is 2.72 bits per heavy atom. The quantitative estimate of drug-likeness (QED) is 0.678. The molecule has 0 heterocycles. The SMILES string of the molecule is CCC(C)c1cc(C(O)CNCCO)ccc1Br. The molecule has 0 bridgehead atoms. The van der Waals surface area contributed by atoms with Crippen LogP contribution in [0.4, 0.5) is 0 Å². The molecule has 0 aromatic heterocycles. The van der Waals surface area contributed by atoms with Crippen LogP contribution in [0.25, 0.3) is 0 Å². The monoisotopic (exact) mass is 315 g/mol. The molecule has 0 radical (unpaired) electrons. The average Bonchev–Trinajstić information content (AvgIpc) is 2.38. The van der Waals surface area contributed by atoms with Crippen LogP contribution in [0.3, 0.4) is 0 Å². The van der Waals surface area contributed by atoms with Crippen molar-refractivity contribution in [3.05, 3.63) is 33.8 Å². The van der Waals surface area contributed by atoms with Crippen LogP contribution in [-0.2, 0) is 0 Å². The predicted molar refractivity (Wildman–Crippen MR) is 77.8 cm³/mol. The minimum absolute atomic E-state index is 0.0885. The zero-order chi connectivity index (χ0) is 13.5. The topological polar surface area (TPSA) is 52.5 Å². The molecule has 0 aliphatic carbocycles. The molecule has 0 spiro atoms. The lowest BCUT2D eigenvalue weighted by Crippen LogP contribution is -2.24. The minimum Gasteiger partial charge on any atom is -0.395 e. The van der Waals surface area contributed by atoms with Crippen LogP contribution in [0.15, 0.2) is 22.7 Å². The third-order valence-corrected chi connectivity index (χ3v) is 3.90. The van der Waals surface area contributed by atoms with Crippen molar-refractivity contribution < 1.29 is 10.2 Å². The van der Waals surface area contributed by atoms with E-state index in [1.165, 1.54) is 5.56 Å². The lowest BCUT2D eigenvalue weighted by molar-refractivity contribution is 0.170. The van der Waals surface area contributed by atoms with Crippen LogP contribution in [-0.4, -0.2) is 29.9 Å². The number of aliphatic hydroxyl groups is 2. The van der Waals surface area contributed by atoms with E-state index >= 15 is 0 Å². The zero-order valence-corrected chi connectivity index (χ0v) is 12.6. The molecule has 1 rings (SSSR count). The summed E-state index contributed by atoms with van der Waals surface area (Å²) in [6, 6.07) is 5.98. The second kappa shape index (κ2) is 7.89. The fraction of sp³-hybridized carbons (Fsp3) is 0.571. The van der Waals surface area contributed by atoms with Crippen LogP contribution < -0.4 is 5.32 Å². The van der Waals surface area contributed by atoms with E-state index in [2.05, 4.69) is 41.2 Å². The molecule has 1 aromatic carbocycles. The minimum atomic E-state index is -0.535. The second-order valence-electron chi connectivity index (χ2n) is 4.53. The van der Waals surface area contributed by atoms with E-state index in [1.54, 1.807) is 0 Å². The molecule has 0 aliphatic rings. The van der Waals surface area contributed by atoms with E-state index in [4.69, 9.17) is 5.11 Å². The van der Waals surface area contributed by atoms with E-state index in [0.29, 0.717) is 19.0 Å². The smallest absolute Gasteiger partial charge is 0.0914 e. The summed E-state index contributed by atoms with van der Waals surface area (Å²) in [6.07, 6.45) is 0.536. The number of hydrogen-bond donors (Lipinski definition) is 3. The predicted octanol–water partition coefficient (Wildman–Crippen LogP) is 2.58. The Balaban J connectivity index is 2.77. The highest BCUT2D eigenvalue weighted by Gasteiger charge is 2.12. The van der Waals surface area contributed by atoms with Crippen molar-refractivity contribution in [3.8, 4) is 0 Å². The number of nitrogens with one attached hydrogen (secondary N) is 1. The maximum absolute atomic E-state index is 10.1. The third-order valence-electron chi connectivity index (χ3n) is 3.17. The number of benzene rings is 1. The molecular weight excluding hydrogens is 294 g/mol. The van der Waals surface area contributed by atoms with E-state index in [-0.39, 0.29) is 6.61 Å². The molecule has 4 heteroatoms. The summed E-state index contributed by atoms with van der Waals surface area (Å²) in [6.45, 7) is 5.39. The fourth-order valence-corrected chi connectivity index (χ4v) is 2.44. The number of aliphatic hydroxyl groups excluding tert-OH is 2. The zero-order valence-electron chi connectivity index (χ0n) is 11.0. The molecule has 2 atom stereocenters. The molecule has 2 unspecified atom stereocenters. The van der Waals surface area contributed by atoms with E-state index in [9.17, 15) is 5.11 Å². The molecule has 3 N–H and O–H groups in total. The molecule has 0 amide bonds. The van der Waals surface area contributed by atoms with E-state index in [1.807, 2.05) is 12.1 Å². The molecular formula is C14H22BrNO2. The highest BCUT2D eigenvalue weighted by atomic mass is 79.9. The Hall–Kier alpha value is -0.420. The van der Waals surface area contributed by atoms with Crippen molar-refractivity contribution in [2.75, 3.05) is 19.7 Å². The molecule has 102 valence electrons. The van der Waals surface area contributed by atoms with Crippen molar-refractivity contribution in [2.45, 2.75) is 32.3 Å². The number of halogens is 1. The van der Waals surface area contributed by atoms with Gasteiger partial charge >= 0.3 is 0 Å². The highest BCUT2D eigenvalue weighted by molar-refractivity contribution is 9.10. The van der Waals surface area contributed by atoms with Gasteiger partial charge in [0, 0.05) is 17.6 Å². The molecule has 0 fully saturated rings. The van der Waals surface area contributed by atoms with Gasteiger partial charge in [0.05, 0.1) is 12.7 Å². The van der Waals surface area contributed by atoms with Gasteiger partial charge in [-0.15, -0.1) is 0 Å². The highest BCUT2D eigenvalue weighted by Crippen LogP contribution is 2.29. The van der Waals surface area contributed by atoms with Crippen molar-refractivity contribution in [3.63, 3.8) is 0 Å². The first-order valence-electron chi connectivity index (χ1n) is 6.39. The van der Waals surface area contributed by atoms with Gasteiger partial charge in [0.1, 0.15) is 0 Å². The van der Waals surface area contributed by atoms with Gasteiger partial charge < -0.3 is 15.5 Å². The van der Waals surface area contributed by atoms with Crippen molar-refractivity contribution in [1.29, 1.82) is 0 Å².